The number of thiazole rings is 1. The molecule has 1 heterocycles. The minimum Gasteiger partial charge on any atom is -0.461 e. The molecule has 2 rings (SSSR count). The van der Waals surface area contributed by atoms with Crippen molar-refractivity contribution in [3.63, 3.8) is 0 Å². The van der Waals surface area contributed by atoms with Crippen LogP contribution in [0.4, 0.5) is 5.69 Å². The smallest absolute Gasteiger partial charge is 0.367 e. The molecule has 0 fully saturated rings. The van der Waals surface area contributed by atoms with Crippen molar-refractivity contribution in [2.45, 2.75) is 26.4 Å². The van der Waals surface area contributed by atoms with E-state index in [4.69, 9.17) is 4.74 Å². The highest BCUT2D eigenvalue weighted by Crippen LogP contribution is 2.24. The molecule has 0 aliphatic heterocycles. The van der Waals surface area contributed by atoms with Crippen molar-refractivity contribution in [2.75, 3.05) is 13.7 Å². The number of hydrogen-bond acceptors (Lipinski definition) is 7. The molecule has 0 aliphatic rings. The molecule has 128 valence electrons. The number of aromatic nitrogens is 1. The number of hydrogen-bond donors (Lipinski definition) is 0. The van der Waals surface area contributed by atoms with Gasteiger partial charge < -0.3 is 4.74 Å². The second kappa shape index (κ2) is 7.98. The van der Waals surface area contributed by atoms with E-state index in [9.17, 15) is 14.9 Å². The summed E-state index contributed by atoms with van der Waals surface area (Å²) in [6.07, 6.45) is 0. The quantitative estimate of drug-likeness (QED) is 0.432. The summed E-state index contributed by atoms with van der Waals surface area (Å²) in [6, 6.07) is 6.56. The van der Waals surface area contributed by atoms with Gasteiger partial charge in [-0.1, -0.05) is 12.1 Å². The molecule has 0 saturated heterocycles. The molecule has 0 spiro atoms. The van der Waals surface area contributed by atoms with Gasteiger partial charge >= 0.3 is 5.97 Å². The third kappa shape index (κ3) is 4.36. The lowest BCUT2D eigenvalue weighted by molar-refractivity contribution is -0.384. The molecule has 0 radical (unpaired) electrons. The van der Waals surface area contributed by atoms with Crippen LogP contribution in [0.5, 0.6) is 0 Å². The van der Waals surface area contributed by atoms with Crippen LogP contribution in [0.2, 0.25) is 0 Å². The largest absolute Gasteiger partial charge is 0.461 e. The summed E-state index contributed by atoms with van der Waals surface area (Å²) in [7, 11) is 1.91. The van der Waals surface area contributed by atoms with Crippen LogP contribution >= 0.6 is 11.3 Å². The summed E-state index contributed by atoms with van der Waals surface area (Å²) >= 11 is 1.25. The Morgan fingerprint density at radius 2 is 2.25 bits per heavy atom. The molecule has 0 unspecified atom stereocenters. The van der Waals surface area contributed by atoms with Crippen LogP contribution in [0.3, 0.4) is 0 Å². The molecule has 2 aromatic rings. The molecule has 0 bridgehead atoms. The molecule has 1 aromatic heterocycles. The van der Waals surface area contributed by atoms with Crippen LogP contribution < -0.4 is 0 Å². The lowest BCUT2D eigenvalue weighted by atomic mass is 10.1. The maximum Gasteiger partial charge on any atom is 0.367 e. The zero-order valence-corrected chi connectivity index (χ0v) is 14.6. The van der Waals surface area contributed by atoms with Crippen molar-refractivity contribution in [3.8, 4) is 0 Å². The first-order valence-electron chi connectivity index (χ1n) is 7.48. The van der Waals surface area contributed by atoms with Gasteiger partial charge in [0.25, 0.3) is 5.69 Å². The molecule has 0 amide bonds. The van der Waals surface area contributed by atoms with Gasteiger partial charge in [-0.3, -0.25) is 15.0 Å². The minimum atomic E-state index is -0.414. The Kier molecular flexibility index (Phi) is 5.99. The number of nitrogens with zero attached hydrogens (tertiary/aromatic N) is 3. The van der Waals surface area contributed by atoms with Crippen LogP contribution in [0.25, 0.3) is 0 Å². The molecule has 7 nitrogen and oxygen atoms in total. The van der Waals surface area contributed by atoms with Gasteiger partial charge in [0.2, 0.25) is 5.01 Å². The third-order valence-electron chi connectivity index (χ3n) is 3.64. The van der Waals surface area contributed by atoms with Gasteiger partial charge in [-0.15, -0.1) is 11.3 Å². The number of benzene rings is 1. The predicted octanol–water partition coefficient (Wildman–Crippen LogP) is 3.42. The van der Waals surface area contributed by atoms with Crippen molar-refractivity contribution in [1.82, 2.24) is 9.88 Å². The Morgan fingerprint density at radius 1 is 1.50 bits per heavy atom. The van der Waals surface area contributed by atoms with Crippen LogP contribution in [-0.2, 0) is 11.3 Å². The van der Waals surface area contributed by atoms with Crippen molar-refractivity contribution in [1.29, 1.82) is 0 Å². The highest BCUT2D eigenvalue weighted by atomic mass is 32.1. The second-order valence-corrected chi connectivity index (χ2v) is 6.17. The highest BCUT2D eigenvalue weighted by molar-refractivity contribution is 7.11. The number of non-ortho nitro benzene ring substituents is 1. The van der Waals surface area contributed by atoms with Gasteiger partial charge in [-0.05, 0) is 26.5 Å². The Labute approximate surface area is 144 Å². The van der Waals surface area contributed by atoms with Gasteiger partial charge in [0, 0.05) is 30.1 Å². The first-order chi connectivity index (χ1) is 11.4. The molecular weight excluding hydrogens is 330 g/mol. The predicted molar refractivity (Wildman–Crippen MR) is 91.0 cm³/mol. The fourth-order valence-corrected chi connectivity index (χ4v) is 2.91. The lowest BCUT2D eigenvalue weighted by Gasteiger charge is -2.24. The van der Waals surface area contributed by atoms with Gasteiger partial charge in [-0.25, -0.2) is 9.78 Å². The van der Waals surface area contributed by atoms with Crippen LogP contribution in [0.15, 0.2) is 29.6 Å². The zero-order chi connectivity index (χ0) is 17.7. The Bertz CT molecular complexity index is 732. The van der Waals surface area contributed by atoms with Crippen molar-refractivity contribution in [3.05, 3.63) is 56.0 Å². The fourth-order valence-electron chi connectivity index (χ4n) is 2.21. The molecule has 0 aliphatic carbocycles. The SMILES string of the molecule is CCOC(=O)c1nc(CN(C)[C@H](C)c2cccc([N+](=O)[O-])c2)cs1. The van der Waals surface area contributed by atoms with Crippen LogP contribution in [0.1, 0.15) is 40.9 Å². The van der Waals surface area contributed by atoms with E-state index >= 15 is 0 Å². The average Bonchev–Trinajstić information content (AvgIpc) is 3.03. The number of ether oxygens (including phenoxy) is 1. The van der Waals surface area contributed by atoms with Crippen molar-refractivity contribution < 1.29 is 14.5 Å². The maximum absolute atomic E-state index is 11.6. The number of carbonyl (C=O) groups is 1. The van der Waals surface area contributed by atoms with Crippen LogP contribution in [0, 0.1) is 10.1 Å². The van der Waals surface area contributed by atoms with E-state index in [1.165, 1.54) is 17.4 Å². The summed E-state index contributed by atoms with van der Waals surface area (Å²) in [6.45, 7) is 4.57. The van der Waals surface area contributed by atoms with Crippen LogP contribution in [-0.4, -0.2) is 34.4 Å². The number of rotatable bonds is 7. The molecule has 1 aromatic carbocycles. The molecular formula is C16H19N3O4S. The second-order valence-electron chi connectivity index (χ2n) is 5.31. The fraction of sp³-hybridized carbons (Fsp3) is 0.375. The minimum absolute atomic E-state index is 0.0300. The number of esters is 1. The number of nitro benzene ring substituents is 1. The maximum atomic E-state index is 11.6. The number of nitro groups is 1. The van der Waals surface area contributed by atoms with Gasteiger partial charge in [0.1, 0.15) is 0 Å². The van der Waals surface area contributed by atoms with Gasteiger partial charge in [-0.2, -0.15) is 0 Å². The van der Waals surface area contributed by atoms with E-state index < -0.39 is 10.9 Å². The zero-order valence-electron chi connectivity index (χ0n) is 13.8. The van der Waals surface area contributed by atoms with Gasteiger partial charge in [0.05, 0.1) is 17.2 Å². The molecule has 0 N–H and O–H groups in total. The van der Waals surface area contributed by atoms with E-state index in [1.54, 1.807) is 19.1 Å². The Morgan fingerprint density at radius 3 is 2.92 bits per heavy atom. The van der Waals surface area contributed by atoms with E-state index in [0.717, 1.165) is 11.3 Å². The van der Waals surface area contributed by atoms with Crippen molar-refractivity contribution >= 4 is 23.0 Å². The summed E-state index contributed by atoms with van der Waals surface area (Å²) in [5, 5.41) is 13.1. The number of carbonyl (C=O) groups excluding carboxylic acids is 1. The Hall–Kier alpha value is -2.32. The summed E-state index contributed by atoms with van der Waals surface area (Å²) in [5.74, 6) is -0.414. The normalized spacial score (nSPS) is 12.2. The molecule has 24 heavy (non-hydrogen) atoms. The van der Waals surface area contributed by atoms with E-state index in [0.29, 0.717) is 18.2 Å². The van der Waals surface area contributed by atoms with Gasteiger partial charge in [0.15, 0.2) is 0 Å². The average molecular weight is 349 g/mol. The van der Waals surface area contributed by atoms with E-state index in [1.807, 2.05) is 30.3 Å². The van der Waals surface area contributed by atoms with E-state index in [-0.39, 0.29) is 11.7 Å². The highest BCUT2D eigenvalue weighted by Gasteiger charge is 2.18. The van der Waals surface area contributed by atoms with E-state index in [2.05, 4.69) is 4.98 Å². The molecule has 1 atom stereocenters. The standard InChI is InChI=1S/C16H19N3O4S/c1-4-23-16(20)15-17-13(10-24-15)9-18(3)11(2)12-6-5-7-14(8-12)19(21)22/h5-8,10-11H,4,9H2,1-3H3/t11-/m1/s1. The summed E-state index contributed by atoms with van der Waals surface area (Å²) < 4.78 is 4.93. The topological polar surface area (TPSA) is 85.6 Å². The summed E-state index contributed by atoms with van der Waals surface area (Å²) in [4.78, 5) is 28.4. The molecule has 8 heteroatoms. The summed E-state index contributed by atoms with van der Waals surface area (Å²) in [5.41, 5.74) is 1.70. The monoisotopic (exact) mass is 349 g/mol. The lowest BCUT2D eigenvalue weighted by Crippen LogP contribution is -2.22. The molecule has 0 saturated carbocycles. The third-order valence-corrected chi connectivity index (χ3v) is 4.51. The Balaban J connectivity index is 2.06. The van der Waals surface area contributed by atoms with Crippen molar-refractivity contribution in [2.24, 2.45) is 0 Å². The first kappa shape index (κ1) is 18.0. The first-order valence-corrected chi connectivity index (χ1v) is 8.36.